The first kappa shape index (κ1) is 15.2. The van der Waals surface area contributed by atoms with E-state index >= 15 is 0 Å². The number of hydrogen-bond donors (Lipinski definition) is 2. The van der Waals surface area contributed by atoms with Crippen molar-refractivity contribution >= 4 is 12.0 Å². The van der Waals surface area contributed by atoms with E-state index in [1.165, 1.54) is 6.33 Å². The molecule has 114 valence electrons. The molecule has 1 fully saturated rings. The zero-order valence-corrected chi connectivity index (χ0v) is 11.9. The van der Waals surface area contributed by atoms with Gasteiger partial charge in [-0.1, -0.05) is 0 Å². The van der Waals surface area contributed by atoms with Crippen LogP contribution in [0.4, 0.5) is 4.79 Å². The Kier molecular flexibility index (Phi) is 5.04. The molecule has 8 heteroatoms. The number of hydrogen-bond acceptors (Lipinski definition) is 5. The molecule has 0 bridgehead atoms. The number of nitrogens with zero attached hydrogens (tertiary/aromatic N) is 4. The maximum atomic E-state index is 12.0. The number of carboxylic acid groups (broad SMARTS) is 1. The highest BCUT2D eigenvalue weighted by molar-refractivity contribution is 5.74. The lowest BCUT2D eigenvalue weighted by molar-refractivity contribution is -0.143. The molecule has 0 aromatic carbocycles. The molecular weight excluding hydrogens is 274 g/mol. The van der Waals surface area contributed by atoms with E-state index < -0.39 is 12.0 Å². The van der Waals surface area contributed by atoms with Crippen molar-refractivity contribution in [2.24, 2.45) is 0 Å². The third-order valence-electron chi connectivity index (χ3n) is 3.57. The first-order chi connectivity index (χ1) is 10.1. The zero-order valence-electron chi connectivity index (χ0n) is 11.9. The van der Waals surface area contributed by atoms with Crippen LogP contribution in [0.2, 0.25) is 0 Å². The summed E-state index contributed by atoms with van der Waals surface area (Å²) in [6, 6.07) is 1.07. The Morgan fingerprint density at radius 3 is 2.67 bits per heavy atom. The van der Waals surface area contributed by atoms with Crippen molar-refractivity contribution < 1.29 is 14.7 Å². The summed E-state index contributed by atoms with van der Waals surface area (Å²) in [7, 11) is 0. The minimum atomic E-state index is -0.836. The van der Waals surface area contributed by atoms with Crippen molar-refractivity contribution in [3.05, 3.63) is 24.3 Å². The fourth-order valence-electron chi connectivity index (χ4n) is 2.17. The quantitative estimate of drug-likeness (QED) is 0.796. The van der Waals surface area contributed by atoms with E-state index in [-0.39, 0.29) is 6.03 Å². The predicted octanol–water partition coefficient (Wildman–Crippen LogP) is -0.223. The smallest absolute Gasteiger partial charge is 0.320 e. The molecule has 0 radical (unpaired) electrons. The SMILES string of the molecule is CC(C(=O)O)N1CCN(C(=O)NCc2ccncn2)CC1. The Bertz CT molecular complexity index is 488. The van der Waals surface area contributed by atoms with Crippen molar-refractivity contribution in [2.45, 2.75) is 19.5 Å². The number of urea groups is 1. The number of aromatic nitrogens is 2. The maximum absolute atomic E-state index is 12.0. The molecule has 2 rings (SSSR count). The standard InChI is InChI=1S/C13H19N5O3/c1-10(12(19)20)17-4-6-18(7-5-17)13(21)15-8-11-2-3-14-9-16-11/h2-3,9-10H,4-8H2,1H3,(H,15,21)(H,19,20). The molecule has 1 aromatic heterocycles. The highest BCUT2D eigenvalue weighted by Gasteiger charge is 2.26. The van der Waals surface area contributed by atoms with Gasteiger partial charge < -0.3 is 15.3 Å². The molecular formula is C13H19N5O3. The van der Waals surface area contributed by atoms with Crippen LogP contribution in [0.25, 0.3) is 0 Å². The van der Waals surface area contributed by atoms with E-state index in [0.717, 1.165) is 5.69 Å². The maximum Gasteiger partial charge on any atom is 0.320 e. The van der Waals surface area contributed by atoms with Crippen molar-refractivity contribution in [3.63, 3.8) is 0 Å². The van der Waals surface area contributed by atoms with Gasteiger partial charge in [0.2, 0.25) is 0 Å². The van der Waals surface area contributed by atoms with Gasteiger partial charge in [-0.15, -0.1) is 0 Å². The predicted molar refractivity (Wildman–Crippen MR) is 74.5 cm³/mol. The molecule has 1 unspecified atom stereocenters. The van der Waals surface area contributed by atoms with Gasteiger partial charge in [0, 0.05) is 32.4 Å². The van der Waals surface area contributed by atoms with Gasteiger partial charge in [0.1, 0.15) is 12.4 Å². The molecule has 1 saturated heterocycles. The lowest BCUT2D eigenvalue weighted by Crippen LogP contribution is -2.55. The second-order valence-electron chi connectivity index (χ2n) is 4.90. The Morgan fingerprint density at radius 2 is 2.10 bits per heavy atom. The summed E-state index contributed by atoms with van der Waals surface area (Å²) < 4.78 is 0. The summed E-state index contributed by atoms with van der Waals surface area (Å²) in [5.74, 6) is -0.836. The van der Waals surface area contributed by atoms with Gasteiger partial charge in [0.25, 0.3) is 0 Å². The van der Waals surface area contributed by atoms with E-state index in [1.54, 1.807) is 24.1 Å². The van der Waals surface area contributed by atoms with E-state index in [4.69, 9.17) is 5.11 Å². The van der Waals surface area contributed by atoms with Crippen LogP contribution >= 0.6 is 0 Å². The van der Waals surface area contributed by atoms with Crippen LogP contribution < -0.4 is 5.32 Å². The van der Waals surface area contributed by atoms with Crippen LogP contribution in [0.15, 0.2) is 18.6 Å². The summed E-state index contributed by atoms with van der Waals surface area (Å²) in [6.45, 7) is 4.18. The van der Waals surface area contributed by atoms with Gasteiger partial charge in [-0.25, -0.2) is 14.8 Å². The van der Waals surface area contributed by atoms with Crippen LogP contribution in [-0.2, 0) is 11.3 Å². The molecule has 21 heavy (non-hydrogen) atoms. The average Bonchev–Trinajstić information content (AvgIpc) is 2.53. The van der Waals surface area contributed by atoms with Gasteiger partial charge in [-0.2, -0.15) is 0 Å². The summed E-state index contributed by atoms with van der Waals surface area (Å²) in [5, 5.41) is 11.8. The highest BCUT2D eigenvalue weighted by Crippen LogP contribution is 2.07. The molecule has 8 nitrogen and oxygen atoms in total. The van der Waals surface area contributed by atoms with Crippen LogP contribution in [-0.4, -0.2) is 69.1 Å². The number of carboxylic acids is 1. The highest BCUT2D eigenvalue weighted by atomic mass is 16.4. The van der Waals surface area contributed by atoms with E-state index in [0.29, 0.717) is 32.7 Å². The van der Waals surface area contributed by atoms with Gasteiger partial charge in [-0.3, -0.25) is 9.69 Å². The summed E-state index contributed by atoms with van der Waals surface area (Å²) in [6.07, 6.45) is 3.06. The van der Waals surface area contributed by atoms with E-state index in [2.05, 4.69) is 15.3 Å². The molecule has 0 spiro atoms. The van der Waals surface area contributed by atoms with E-state index in [9.17, 15) is 9.59 Å². The molecule has 0 aliphatic carbocycles. The number of amides is 2. The third kappa shape index (κ3) is 4.12. The number of rotatable bonds is 4. The molecule has 1 aromatic rings. The van der Waals surface area contributed by atoms with Crippen LogP contribution in [0.3, 0.4) is 0 Å². The summed E-state index contributed by atoms with van der Waals surface area (Å²) >= 11 is 0. The monoisotopic (exact) mass is 293 g/mol. The number of piperazine rings is 1. The Hall–Kier alpha value is -2.22. The average molecular weight is 293 g/mol. The van der Waals surface area contributed by atoms with Gasteiger partial charge >= 0.3 is 12.0 Å². The van der Waals surface area contributed by atoms with Gasteiger partial charge in [0.15, 0.2) is 0 Å². The normalized spacial score (nSPS) is 17.3. The van der Waals surface area contributed by atoms with Crippen LogP contribution in [0.1, 0.15) is 12.6 Å². The third-order valence-corrected chi connectivity index (χ3v) is 3.57. The zero-order chi connectivity index (χ0) is 15.2. The fourth-order valence-corrected chi connectivity index (χ4v) is 2.17. The van der Waals surface area contributed by atoms with Crippen molar-refractivity contribution in [1.82, 2.24) is 25.1 Å². The molecule has 1 atom stereocenters. The Morgan fingerprint density at radius 1 is 1.38 bits per heavy atom. The van der Waals surface area contributed by atoms with Crippen molar-refractivity contribution in [3.8, 4) is 0 Å². The van der Waals surface area contributed by atoms with Crippen molar-refractivity contribution in [1.29, 1.82) is 0 Å². The Balaban J connectivity index is 1.77. The molecule has 2 amide bonds. The summed E-state index contributed by atoms with van der Waals surface area (Å²) in [4.78, 5) is 34.3. The minimum Gasteiger partial charge on any atom is -0.480 e. The minimum absolute atomic E-state index is 0.156. The first-order valence-corrected chi connectivity index (χ1v) is 6.82. The van der Waals surface area contributed by atoms with Crippen LogP contribution in [0.5, 0.6) is 0 Å². The molecule has 0 saturated carbocycles. The molecule has 2 heterocycles. The number of aliphatic carboxylic acids is 1. The van der Waals surface area contributed by atoms with Crippen LogP contribution in [0, 0.1) is 0 Å². The second kappa shape index (κ2) is 6.98. The van der Waals surface area contributed by atoms with Crippen molar-refractivity contribution in [2.75, 3.05) is 26.2 Å². The van der Waals surface area contributed by atoms with E-state index in [1.807, 2.05) is 4.90 Å². The lowest BCUT2D eigenvalue weighted by atomic mass is 10.2. The molecule has 1 aliphatic rings. The lowest BCUT2D eigenvalue weighted by Gasteiger charge is -2.36. The van der Waals surface area contributed by atoms with Gasteiger partial charge in [0.05, 0.1) is 12.2 Å². The first-order valence-electron chi connectivity index (χ1n) is 6.82. The summed E-state index contributed by atoms with van der Waals surface area (Å²) in [5.41, 5.74) is 0.747. The topological polar surface area (TPSA) is 98.7 Å². The Labute approximate surface area is 122 Å². The number of carbonyl (C=O) groups excluding carboxylic acids is 1. The fraction of sp³-hybridized carbons (Fsp3) is 0.538. The molecule has 2 N–H and O–H groups in total. The molecule has 1 aliphatic heterocycles. The van der Waals surface area contributed by atoms with Gasteiger partial charge in [-0.05, 0) is 13.0 Å². The number of carbonyl (C=O) groups is 2. The largest absolute Gasteiger partial charge is 0.480 e. The number of nitrogens with one attached hydrogen (secondary N) is 1. The second-order valence-corrected chi connectivity index (χ2v) is 4.90.